The van der Waals surface area contributed by atoms with Gasteiger partial charge in [-0.2, -0.15) is 0 Å². The quantitative estimate of drug-likeness (QED) is 0.814. The first-order valence-electron chi connectivity index (χ1n) is 10.2. The van der Waals surface area contributed by atoms with Crippen LogP contribution >= 0.6 is 0 Å². The smallest absolute Gasteiger partial charge is 0.135 e. The number of benzene rings is 1. The van der Waals surface area contributed by atoms with Gasteiger partial charge < -0.3 is 4.90 Å². The first-order valence-corrected chi connectivity index (χ1v) is 10.2. The normalized spacial score (nSPS) is 21.7. The summed E-state index contributed by atoms with van der Waals surface area (Å²) in [6.45, 7) is 13.4. The van der Waals surface area contributed by atoms with E-state index in [1.54, 1.807) is 6.33 Å². The highest BCUT2D eigenvalue weighted by atomic mass is 15.3. The predicted molar refractivity (Wildman–Crippen MR) is 110 cm³/mol. The molecule has 5 nitrogen and oxygen atoms in total. The van der Waals surface area contributed by atoms with Crippen molar-refractivity contribution in [3.05, 3.63) is 53.5 Å². The summed E-state index contributed by atoms with van der Waals surface area (Å²) in [4.78, 5) is 16.5. The van der Waals surface area contributed by atoms with E-state index in [0.717, 1.165) is 50.2 Å². The second-order valence-electron chi connectivity index (χ2n) is 8.07. The van der Waals surface area contributed by atoms with Crippen molar-refractivity contribution in [1.29, 1.82) is 0 Å². The van der Waals surface area contributed by atoms with Gasteiger partial charge in [0.25, 0.3) is 0 Å². The van der Waals surface area contributed by atoms with Crippen LogP contribution in [-0.2, 0) is 6.54 Å². The van der Waals surface area contributed by atoms with Crippen LogP contribution in [0, 0.1) is 19.8 Å². The molecule has 0 amide bonds. The van der Waals surface area contributed by atoms with E-state index in [1.165, 1.54) is 37.2 Å². The molecule has 0 N–H and O–H groups in total. The first-order chi connectivity index (χ1) is 13.2. The van der Waals surface area contributed by atoms with Gasteiger partial charge in [0.05, 0.1) is 0 Å². The molecule has 1 atom stereocenters. The van der Waals surface area contributed by atoms with Crippen molar-refractivity contribution >= 4 is 5.82 Å². The molecular weight excluding hydrogens is 334 g/mol. The SMILES string of the molecule is Cc1ncnc(N2CCN(C[C@@H]3CCN(Cc4ccccc4)C3)CC2)c1C. The maximum atomic E-state index is 4.53. The fraction of sp³-hybridized carbons (Fsp3) is 0.545. The maximum absolute atomic E-state index is 4.53. The van der Waals surface area contributed by atoms with Crippen molar-refractivity contribution in [3.8, 4) is 0 Å². The summed E-state index contributed by atoms with van der Waals surface area (Å²) < 4.78 is 0. The molecule has 2 saturated heterocycles. The third-order valence-electron chi connectivity index (χ3n) is 6.12. The summed E-state index contributed by atoms with van der Waals surface area (Å²) in [6, 6.07) is 10.9. The van der Waals surface area contributed by atoms with Crippen LogP contribution in [0.2, 0.25) is 0 Å². The van der Waals surface area contributed by atoms with Gasteiger partial charge in [-0.3, -0.25) is 9.80 Å². The summed E-state index contributed by atoms with van der Waals surface area (Å²) in [6.07, 6.45) is 3.03. The van der Waals surface area contributed by atoms with Crippen LogP contribution in [0.1, 0.15) is 23.2 Å². The number of anilines is 1. The van der Waals surface area contributed by atoms with E-state index >= 15 is 0 Å². The Kier molecular flexibility index (Phi) is 5.69. The summed E-state index contributed by atoms with van der Waals surface area (Å²) in [5, 5.41) is 0. The van der Waals surface area contributed by atoms with E-state index in [-0.39, 0.29) is 0 Å². The van der Waals surface area contributed by atoms with Gasteiger partial charge in [0.2, 0.25) is 0 Å². The Labute approximate surface area is 163 Å². The Balaban J connectivity index is 1.24. The molecule has 0 aliphatic carbocycles. The van der Waals surface area contributed by atoms with E-state index in [2.05, 4.69) is 68.8 Å². The molecule has 3 heterocycles. The molecule has 27 heavy (non-hydrogen) atoms. The lowest BCUT2D eigenvalue weighted by molar-refractivity contribution is 0.213. The molecule has 1 aromatic heterocycles. The van der Waals surface area contributed by atoms with Gasteiger partial charge in [-0.25, -0.2) is 9.97 Å². The van der Waals surface area contributed by atoms with Crippen LogP contribution in [0.25, 0.3) is 0 Å². The molecule has 2 aliphatic rings. The Morgan fingerprint density at radius 3 is 2.48 bits per heavy atom. The molecular formula is C22H31N5. The Bertz CT molecular complexity index is 740. The van der Waals surface area contributed by atoms with Gasteiger partial charge in [0.1, 0.15) is 12.1 Å². The number of hydrogen-bond acceptors (Lipinski definition) is 5. The topological polar surface area (TPSA) is 35.5 Å². The minimum absolute atomic E-state index is 0.809. The molecule has 5 heteroatoms. The fourth-order valence-corrected chi connectivity index (χ4v) is 4.40. The lowest BCUT2D eigenvalue weighted by atomic mass is 10.1. The minimum Gasteiger partial charge on any atom is -0.354 e. The standard InChI is InChI=1S/C22H31N5/c1-18-19(2)23-17-24-22(18)27-12-10-25(11-13-27)15-21-8-9-26(16-21)14-20-6-4-3-5-7-20/h3-7,17,21H,8-16H2,1-2H3/t21-/m0/s1. The highest BCUT2D eigenvalue weighted by molar-refractivity contribution is 5.47. The average Bonchev–Trinajstić information content (AvgIpc) is 3.12. The summed E-state index contributed by atoms with van der Waals surface area (Å²) >= 11 is 0. The van der Waals surface area contributed by atoms with E-state index < -0.39 is 0 Å². The molecule has 0 spiro atoms. The van der Waals surface area contributed by atoms with Crippen LogP contribution in [0.4, 0.5) is 5.82 Å². The zero-order chi connectivity index (χ0) is 18.6. The van der Waals surface area contributed by atoms with Gasteiger partial charge in [0.15, 0.2) is 0 Å². The molecule has 0 bridgehead atoms. The molecule has 0 radical (unpaired) electrons. The fourth-order valence-electron chi connectivity index (χ4n) is 4.40. The summed E-state index contributed by atoms with van der Waals surface area (Å²) in [7, 11) is 0. The molecule has 0 unspecified atom stereocenters. The molecule has 2 fully saturated rings. The number of piperazine rings is 1. The average molecular weight is 366 g/mol. The Morgan fingerprint density at radius 1 is 0.926 bits per heavy atom. The number of aryl methyl sites for hydroxylation is 1. The van der Waals surface area contributed by atoms with E-state index in [4.69, 9.17) is 0 Å². The van der Waals surface area contributed by atoms with Crippen LogP contribution in [-0.4, -0.2) is 65.6 Å². The molecule has 2 aliphatic heterocycles. The Hall–Kier alpha value is -1.98. The zero-order valence-corrected chi connectivity index (χ0v) is 16.6. The third kappa shape index (κ3) is 4.47. The maximum Gasteiger partial charge on any atom is 0.135 e. The van der Waals surface area contributed by atoms with Crippen molar-refractivity contribution in [2.75, 3.05) is 50.7 Å². The van der Waals surface area contributed by atoms with Gasteiger partial charge >= 0.3 is 0 Å². The van der Waals surface area contributed by atoms with Crippen LogP contribution in [0.5, 0.6) is 0 Å². The van der Waals surface area contributed by atoms with Gasteiger partial charge in [-0.05, 0) is 38.3 Å². The van der Waals surface area contributed by atoms with Crippen LogP contribution in [0.3, 0.4) is 0 Å². The van der Waals surface area contributed by atoms with Gasteiger partial charge in [-0.1, -0.05) is 30.3 Å². The minimum atomic E-state index is 0.809. The number of hydrogen-bond donors (Lipinski definition) is 0. The second kappa shape index (κ2) is 8.36. The zero-order valence-electron chi connectivity index (χ0n) is 16.6. The molecule has 4 rings (SSSR count). The lowest BCUT2D eigenvalue weighted by Crippen LogP contribution is -2.48. The van der Waals surface area contributed by atoms with Crippen molar-refractivity contribution in [1.82, 2.24) is 19.8 Å². The second-order valence-corrected chi connectivity index (χ2v) is 8.07. The molecule has 144 valence electrons. The van der Waals surface area contributed by atoms with Crippen molar-refractivity contribution in [2.24, 2.45) is 5.92 Å². The first kappa shape index (κ1) is 18.4. The Morgan fingerprint density at radius 2 is 1.70 bits per heavy atom. The van der Waals surface area contributed by atoms with Crippen LogP contribution < -0.4 is 4.90 Å². The predicted octanol–water partition coefficient (Wildman–Crippen LogP) is 2.74. The third-order valence-corrected chi connectivity index (χ3v) is 6.12. The highest BCUT2D eigenvalue weighted by Gasteiger charge is 2.27. The van der Waals surface area contributed by atoms with Crippen LogP contribution in [0.15, 0.2) is 36.7 Å². The largest absolute Gasteiger partial charge is 0.354 e. The molecule has 2 aromatic rings. The number of aromatic nitrogens is 2. The summed E-state index contributed by atoms with van der Waals surface area (Å²) in [5.74, 6) is 1.93. The molecule has 0 saturated carbocycles. The lowest BCUT2D eigenvalue weighted by Gasteiger charge is -2.37. The highest BCUT2D eigenvalue weighted by Crippen LogP contribution is 2.23. The van der Waals surface area contributed by atoms with E-state index in [9.17, 15) is 0 Å². The number of likely N-dealkylation sites (tertiary alicyclic amines) is 1. The van der Waals surface area contributed by atoms with Crippen molar-refractivity contribution in [2.45, 2.75) is 26.8 Å². The summed E-state index contributed by atoms with van der Waals surface area (Å²) in [5.41, 5.74) is 3.74. The molecule has 1 aromatic carbocycles. The van der Waals surface area contributed by atoms with Crippen molar-refractivity contribution in [3.63, 3.8) is 0 Å². The monoisotopic (exact) mass is 365 g/mol. The van der Waals surface area contributed by atoms with Crippen molar-refractivity contribution < 1.29 is 0 Å². The van der Waals surface area contributed by atoms with E-state index in [0.29, 0.717) is 0 Å². The number of rotatable bonds is 5. The van der Waals surface area contributed by atoms with E-state index in [1.807, 2.05) is 0 Å². The number of nitrogens with zero attached hydrogens (tertiary/aromatic N) is 5. The van der Waals surface area contributed by atoms with Gasteiger partial charge in [0, 0.05) is 57.1 Å². The van der Waals surface area contributed by atoms with Gasteiger partial charge in [-0.15, -0.1) is 0 Å².